The van der Waals surface area contributed by atoms with Gasteiger partial charge in [0.25, 0.3) is 0 Å². The first kappa shape index (κ1) is 14.9. The largest absolute Gasteiger partial charge is 0.241 e. The Kier molecular flexibility index (Phi) is 3.97. The van der Waals surface area contributed by atoms with E-state index in [4.69, 9.17) is 23.2 Å². The fourth-order valence-corrected chi connectivity index (χ4v) is 4.55. The van der Waals surface area contributed by atoms with Crippen LogP contribution in [0.4, 0.5) is 0 Å². The number of alkyl halides is 1. The van der Waals surface area contributed by atoms with Gasteiger partial charge in [0.15, 0.2) is 0 Å². The minimum absolute atomic E-state index is 0.142. The first-order valence-corrected chi connectivity index (χ1v) is 8.77. The molecule has 1 aliphatic carbocycles. The van der Waals surface area contributed by atoms with Gasteiger partial charge in [-0.1, -0.05) is 41.9 Å². The zero-order chi connectivity index (χ0) is 15.0. The average molecular weight is 342 g/mol. The lowest BCUT2D eigenvalue weighted by molar-refractivity contribution is 0.556. The van der Waals surface area contributed by atoms with Gasteiger partial charge in [-0.25, -0.2) is 13.1 Å². The number of nitrogens with one attached hydrogen (secondary N) is 1. The van der Waals surface area contributed by atoms with Crippen molar-refractivity contribution in [3.8, 4) is 0 Å². The number of halogens is 2. The molecule has 0 amide bonds. The van der Waals surface area contributed by atoms with Gasteiger partial charge in [0.05, 0.1) is 16.3 Å². The Morgan fingerprint density at radius 3 is 2.62 bits per heavy atom. The van der Waals surface area contributed by atoms with E-state index in [-0.39, 0.29) is 10.3 Å². The predicted octanol–water partition coefficient (Wildman–Crippen LogP) is 3.52. The summed E-state index contributed by atoms with van der Waals surface area (Å²) in [4.78, 5) is 0.142. The minimum Gasteiger partial charge on any atom is -0.207 e. The fourth-order valence-electron chi connectivity index (χ4n) is 2.55. The van der Waals surface area contributed by atoms with E-state index < -0.39 is 16.1 Å². The molecule has 6 heteroatoms. The van der Waals surface area contributed by atoms with Crippen LogP contribution in [0, 0.1) is 0 Å². The molecule has 21 heavy (non-hydrogen) atoms. The molecular weight excluding hydrogens is 329 g/mol. The standard InChI is InChI=1S/C15H13Cl2NO2S/c16-11-5-3-6-12(9-11)21(19,20)18-15-13-7-2-1-4-10(13)8-14(15)17/h1-7,9,14-15,18H,8H2. The predicted molar refractivity (Wildman–Crippen MR) is 84.3 cm³/mol. The number of benzene rings is 2. The molecule has 0 aromatic heterocycles. The average Bonchev–Trinajstić information content (AvgIpc) is 2.75. The van der Waals surface area contributed by atoms with Crippen molar-refractivity contribution in [2.24, 2.45) is 0 Å². The monoisotopic (exact) mass is 341 g/mol. The molecule has 0 fully saturated rings. The van der Waals surface area contributed by atoms with Crippen molar-refractivity contribution in [3.63, 3.8) is 0 Å². The summed E-state index contributed by atoms with van der Waals surface area (Å²) in [5.41, 5.74) is 2.01. The second-order valence-electron chi connectivity index (χ2n) is 4.98. The maximum absolute atomic E-state index is 12.5. The van der Waals surface area contributed by atoms with Gasteiger partial charge in [0.2, 0.25) is 10.0 Å². The lowest BCUT2D eigenvalue weighted by Crippen LogP contribution is -2.31. The van der Waals surface area contributed by atoms with Gasteiger partial charge in [0, 0.05) is 5.02 Å². The van der Waals surface area contributed by atoms with Crippen LogP contribution in [0.3, 0.4) is 0 Å². The molecule has 0 spiro atoms. The van der Waals surface area contributed by atoms with E-state index in [1.54, 1.807) is 12.1 Å². The van der Waals surface area contributed by atoms with E-state index in [9.17, 15) is 8.42 Å². The zero-order valence-corrected chi connectivity index (χ0v) is 13.3. The molecule has 0 heterocycles. The van der Waals surface area contributed by atoms with E-state index in [0.717, 1.165) is 11.1 Å². The number of hydrogen-bond acceptors (Lipinski definition) is 2. The SMILES string of the molecule is O=S(=O)(NC1c2ccccc2CC1Cl)c1cccc(Cl)c1. The highest BCUT2D eigenvalue weighted by molar-refractivity contribution is 7.89. The highest BCUT2D eigenvalue weighted by Gasteiger charge is 2.34. The Hall–Kier alpha value is -1.07. The van der Waals surface area contributed by atoms with Crippen LogP contribution in [0.25, 0.3) is 0 Å². The fraction of sp³-hybridized carbons (Fsp3) is 0.200. The van der Waals surface area contributed by atoms with Crippen LogP contribution < -0.4 is 4.72 Å². The smallest absolute Gasteiger partial charge is 0.207 e. The quantitative estimate of drug-likeness (QED) is 0.868. The van der Waals surface area contributed by atoms with Crippen LogP contribution in [-0.4, -0.2) is 13.8 Å². The van der Waals surface area contributed by atoms with Crippen LogP contribution >= 0.6 is 23.2 Å². The molecule has 0 saturated carbocycles. The lowest BCUT2D eigenvalue weighted by Gasteiger charge is -2.17. The van der Waals surface area contributed by atoms with Crippen LogP contribution in [0.5, 0.6) is 0 Å². The van der Waals surface area contributed by atoms with Crippen molar-refractivity contribution in [2.45, 2.75) is 22.7 Å². The maximum Gasteiger partial charge on any atom is 0.241 e. The Morgan fingerprint density at radius 1 is 1.10 bits per heavy atom. The third-order valence-corrected chi connectivity index (χ3v) is 5.64. The molecule has 2 unspecified atom stereocenters. The van der Waals surface area contributed by atoms with Crippen molar-refractivity contribution < 1.29 is 8.42 Å². The lowest BCUT2D eigenvalue weighted by atomic mass is 10.1. The Bertz CT molecular complexity index is 777. The van der Waals surface area contributed by atoms with Crippen molar-refractivity contribution in [2.75, 3.05) is 0 Å². The highest BCUT2D eigenvalue weighted by Crippen LogP contribution is 2.35. The molecule has 110 valence electrons. The third kappa shape index (κ3) is 2.94. The van der Waals surface area contributed by atoms with Crippen LogP contribution in [0.1, 0.15) is 17.2 Å². The molecule has 3 rings (SSSR count). The first-order chi connectivity index (χ1) is 9.97. The number of hydrogen-bond donors (Lipinski definition) is 1. The van der Waals surface area contributed by atoms with Gasteiger partial charge in [-0.2, -0.15) is 0 Å². The van der Waals surface area contributed by atoms with Gasteiger partial charge in [-0.15, -0.1) is 11.6 Å². The van der Waals surface area contributed by atoms with Crippen LogP contribution in [0.15, 0.2) is 53.4 Å². The van der Waals surface area contributed by atoms with E-state index in [0.29, 0.717) is 11.4 Å². The second kappa shape index (κ2) is 5.61. The van der Waals surface area contributed by atoms with E-state index in [1.807, 2.05) is 24.3 Å². The molecular formula is C15H13Cl2NO2S. The summed E-state index contributed by atoms with van der Waals surface area (Å²) >= 11 is 12.2. The van der Waals surface area contributed by atoms with Gasteiger partial charge >= 0.3 is 0 Å². The summed E-state index contributed by atoms with van der Waals surface area (Å²) in [6.45, 7) is 0. The second-order valence-corrected chi connectivity index (χ2v) is 7.69. The molecule has 1 aliphatic rings. The summed E-state index contributed by atoms with van der Waals surface area (Å²) in [5.74, 6) is 0. The van der Waals surface area contributed by atoms with Gasteiger partial charge in [-0.3, -0.25) is 0 Å². The number of sulfonamides is 1. The summed E-state index contributed by atoms with van der Waals surface area (Å²) in [5, 5.41) is 0.0866. The topological polar surface area (TPSA) is 46.2 Å². The molecule has 2 atom stereocenters. The van der Waals surface area contributed by atoms with Crippen LogP contribution in [-0.2, 0) is 16.4 Å². The van der Waals surface area contributed by atoms with Gasteiger partial charge < -0.3 is 0 Å². The Labute approximate surface area is 133 Å². The molecule has 0 radical (unpaired) electrons. The zero-order valence-electron chi connectivity index (χ0n) is 11.0. The van der Waals surface area contributed by atoms with E-state index >= 15 is 0 Å². The van der Waals surface area contributed by atoms with Crippen molar-refractivity contribution in [1.82, 2.24) is 4.72 Å². The normalized spacial score (nSPS) is 21.2. The number of fused-ring (bicyclic) bond motifs is 1. The minimum atomic E-state index is -3.66. The molecule has 0 saturated heterocycles. The number of rotatable bonds is 3. The van der Waals surface area contributed by atoms with Crippen LogP contribution in [0.2, 0.25) is 5.02 Å². The van der Waals surface area contributed by atoms with E-state index in [1.165, 1.54) is 12.1 Å². The Morgan fingerprint density at radius 2 is 1.86 bits per heavy atom. The highest BCUT2D eigenvalue weighted by atomic mass is 35.5. The molecule has 0 aliphatic heterocycles. The maximum atomic E-state index is 12.5. The molecule has 1 N–H and O–H groups in total. The van der Waals surface area contributed by atoms with Crippen molar-refractivity contribution in [3.05, 3.63) is 64.7 Å². The summed E-state index contributed by atoms with van der Waals surface area (Å²) < 4.78 is 27.6. The summed E-state index contributed by atoms with van der Waals surface area (Å²) in [6, 6.07) is 13.4. The molecule has 2 aromatic rings. The summed E-state index contributed by atoms with van der Waals surface area (Å²) in [6.07, 6.45) is 0.653. The summed E-state index contributed by atoms with van der Waals surface area (Å²) in [7, 11) is -3.66. The Balaban J connectivity index is 1.93. The molecule has 2 aromatic carbocycles. The van der Waals surface area contributed by atoms with Crippen molar-refractivity contribution in [1.29, 1.82) is 0 Å². The van der Waals surface area contributed by atoms with Gasteiger partial charge in [-0.05, 0) is 35.7 Å². The first-order valence-electron chi connectivity index (χ1n) is 6.47. The molecule has 0 bridgehead atoms. The molecule has 3 nitrogen and oxygen atoms in total. The van der Waals surface area contributed by atoms with Gasteiger partial charge in [0.1, 0.15) is 0 Å². The third-order valence-electron chi connectivity index (χ3n) is 3.56. The van der Waals surface area contributed by atoms with Crippen molar-refractivity contribution >= 4 is 33.2 Å². The van der Waals surface area contributed by atoms with E-state index in [2.05, 4.69) is 4.72 Å².